The molecule has 2 aromatic rings. The van der Waals surface area contributed by atoms with Crippen LogP contribution < -0.4 is 0 Å². The quantitative estimate of drug-likeness (QED) is 0.477. The van der Waals surface area contributed by atoms with Gasteiger partial charge < -0.3 is 9.80 Å². The summed E-state index contributed by atoms with van der Waals surface area (Å²) < 4.78 is 28.2. The molecule has 0 aliphatic carbocycles. The van der Waals surface area contributed by atoms with Crippen LogP contribution in [0.1, 0.15) is 67.3 Å². The predicted molar refractivity (Wildman–Crippen MR) is 126 cm³/mol. The van der Waals surface area contributed by atoms with Gasteiger partial charge in [0, 0.05) is 25.1 Å². The van der Waals surface area contributed by atoms with Crippen LogP contribution in [0, 0.1) is 25.5 Å². The predicted octanol–water partition coefficient (Wildman–Crippen LogP) is 5.98. The van der Waals surface area contributed by atoms with Crippen LogP contribution in [0.15, 0.2) is 36.4 Å². The zero-order valence-corrected chi connectivity index (χ0v) is 19.7. The molecular weight excluding hydrogens is 406 g/mol. The molecular formula is C27H36F2N2O. The molecule has 0 bridgehead atoms. The summed E-state index contributed by atoms with van der Waals surface area (Å²) >= 11 is 0. The number of aryl methyl sites for hydroxylation is 2. The van der Waals surface area contributed by atoms with Gasteiger partial charge in [0.25, 0.3) is 0 Å². The second-order valence-corrected chi connectivity index (χ2v) is 8.93. The SMILES string of the molecule is CCC(=O)N(CCCc1c(F)cccc1F)C(CN1CCCCC1)c1c(C)cccc1C. The first-order valence-corrected chi connectivity index (χ1v) is 11.9. The molecule has 1 amide bonds. The first-order chi connectivity index (χ1) is 15.4. The number of piperidine rings is 1. The highest BCUT2D eigenvalue weighted by Crippen LogP contribution is 2.30. The van der Waals surface area contributed by atoms with Gasteiger partial charge in [-0.3, -0.25) is 4.79 Å². The molecule has 1 fully saturated rings. The van der Waals surface area contributed by atoms with Gasteiger partial charge in [-0.05, 0) is 81.4 Å². The Labute approximate surface area is 191 Å². The minimum absolute atomic E-state index is 0.0628. The average molecular weight is 443 g/mol. The van der Waals surface area contributed by atoms with Crippen molar-refractivity contribution < 1.29 is 13.6 Å². The fourth-order valence-electron chi connectivity index (χ4n) is 4.94. The van der Waals surface area contributed by atoms with Crippen LogP contribution in [-0.2, 0) is 11.2 Å². The minimum atomic E-state index is -0.516. The van der Waals surface area contributed by atoms with Crippen LogP contribution in [0.2, 0.25) is 0 Å². The summed E-state index contributed by atoms with van der Waals surface area (Å²) in [6, 6.07) is 10.2. The molecule has 174 valence electrons. The fourth-order valence-corrected chi connectivity index (χ4v) is 4.94. The van der Waals surface area contributed by atoms with E-state index in [4.69, 9.17) is 0 Å². The van der Waals surface area contributed by atoms with Crippen molar-refractivity contribution in [1.82, 2.24) is 9.80 Å². The third-order valence-electron chi connectivity index (χ3n) is 6.64. The van der Waals surface area contributed by atoms with E-state index >= 15 is 0 Å². The van der Waals surface area contributed by atoms with Gasteiger partial charge in [0.15, 0.2) is 0 Å². The first kappa shape index (κ1) is 24.4. The summed E-state index contributed by atoms with van der Waals surface area (Å²) in [4.78, 5) is 17.6. The van der Waals surface area contributed by atoms with Crippen LogP contribution in [0.4, 0.5) is 8.78 Å². The summed E-state index contributed by atoms with van der Waals surface area (Å²) in [5.41, 5.74) is 3.68. The number of benzene rings is 2. The molecule has 0 spiro atoms. The van der Waals surface area contributed by atoms with E-state index in [1.54, 1.807) is 0 Å². The molecule has 3 nitrogen and oxygen atoms in total. The molecule has 0 N–H and O–H groups in total. The number of carbonyl (C=O) groups is 1. The molecule has 1 atom stereocenters. The summed E-state index contributed by atoms with van der Waals surface area (Å²) in [5.74, 6) is -0.945. The van der Waals surface area contributed by atoms with Gasteiger partial charge in [-0.1, -0.05) is 37.6 Å². The van der Waals surface area contributed by atoms with Gasteiger partial charge >= 0.3 is 0 Å². The maximum absolute atomic E-state index is 14.1. The number of amides is 1. The van der Waals surface area contributed by atoms with Crippen molar-refractivity contribution in [2.75, 3.05) is 26.2 Å². The Morgan fingerprint density at radius 3 is 2.19 bits per heavy atom. The highest BCUT2D eigenvalue weighted by molar-refractivity contribution is 5.76. The van der Waals surface area contributed by atoms with Crippen molar-refractivity contribution in [3.63, 3.8) is 0 Å². The molecule has 1 saturated heterocycles. The maximum Gasteiger partial charge on any atom is 0.222 e. The number of hydrogen-bond donors (Lipinski definition) is 0. The lowest BCUT2D eigenvalue weighted by atomic mass is 9.93. The third kappa shape index (κ3) is 5.94. The molecule has 5 heteroatoms. The molecule has 1 aliphatic rings. The largest absolute Gasteiger partial charge is 0.334 e. The maximum atomic E-state index is 14.1. The van der Waals surface area contributed by atoms with Crippen molar-refractivity contribution in [3.05, 3.63) is 70.3 Å². The van der Waals surface area contributed by atoms with Gasteiger partial charge in [-0.25, -0.2) is 8.78 Å². The topological polar surface area (TPSA) is 23.6 Å². The van der Waals surface area contributed by atoms with E-state index in [9.17, 15) is 13.6 Å². The first-order valence-electron chi connectivity index (χ1n) is 11.9. The van der Waals surface area contributed by atoms with Crippen LogP contribution in [0.5, 0.6) is 0 Å². The Kier molecular flexibility index (Phi) is 8.80. The van der Waals surface area contributed by atoms with Gasteiger partial charge in [0.05, 0.1) is 6.04 Å². The zero-order chi connectivity index (χ0) is 23.1. The number of nitrogens with zero attached hydrogens (tertiary/aromatic N) is 2. The second kappa shape index (κ2) is 11.6. The van der Waals surface area contributed by atoms with Crippen LogP contribution in [-0.4, -0.2) is 41.9 Å². The summed E-state index contributed by atoms with van der Waals surface area (Å²) in [6.07, 6.45) is 4.84. The average Bonchev–Trinajstić information content (AvgIpc) is 2.78. The van der Waals surface area contributed by atoms with Gasteiger partial charge in [0.1, 0.15) is 11.6 Å². The van der Waals surface area contributed by atoms with Gasteiger partial charge in [-0.2, -0.15) is 0 Å². The van der Waals surface area contributed by atoms with Gasteiger partial charge in [0.2, 0.25) is 5.91 Å². The second-order valence-electron chi connectivity index (χ2n) is 8.93. The van der Waals surface area contributed by atoms with Crippen molar-refractivity contribution in [1.29, 1.82) is 0 Å². The molecule has 1 unspecified atom stereocenters. The lowest BCUT2D eigenvalue weighted by molar-refractivity contribution is -0.134. The van der Waals surface area contributed by atoms with Crippen molar-refractivity contribution in [3.8, 4) is 0 Å². The number of hydrogen-bond acceptors (Lipinski definition) is 2. The van der Waals surface area contributed by atoms with E-state index in [0.717, 1.165) is 19.6 Å². The molecule has 1 aliphatic heterocycles. The molecule has 2 aromatic carbocycles. The lowest BCUT2D eigenvalue weighted by Gasteiger charge is -2.38. The summed E-state index contributed by atoms with van der Waals surface area (Å²) in [7, 11) is 0. The van der Waals surface area contributed by atoms with E-state index < -0.39 is 11.6 Å². The number of halogens is 2. The highest BCUT2D eigenvalue weighted by Gasteiger charge is 2.29. The van der Waals surface area contributed by atoms with E-state index in [1.165, 1.54) is 54.2 Å². The molecule has 1 heterocycles. The number of rotatable bonds is 9. The zero-order valence-electron chi connectivity index (χ0n) is 19.7. The number of likely N-dealkylation sites (tertiary alicyclic amines) is 1. The molecule has 3 rings (SSSR count). The lowest BCUT2D eigenvalue weighted by Crippen LogP contribution is -2.44. The Balaban J connectivity index is 1.87. The Morgan fingerprint density at radius 2 is 1.59 bits per heavy atom. The third-order valence-corrected chi connectivity index (χ3v) is 6.64. The van der Waals surface area contributed by atoms with Crippen molar-refractivity contribution >= 4 is 5.91 Å². The van der Waals surface area contributed by atoms with Crippen LogP contribution in [0.25, 0.3) is 0 Å². The molecule has 0 aromatic heterocycles. The van der Waals surface area contributed by atoms with Gasteiger partial charge in [-0.15, -0.1) is 0 Å². The van der Waals surface area contributed by atoms with Crippen LogP contribution >= 0.6 is 0 Å². The van der Waals surface area contributed by atoms with E-state index in [2.05, 4.69) is 36.9 Å². The van der Waals surface area contributed by atoms with Crippen LogP contribution in [0.3, 0.4) is 0 Å². The standard InChI is InChI=1S/C27H36F2N2O/c1-4-26(32)31(18-10-13-22-23(28)14-9-15-24(22)29)25(19-30-16-6-5-7-17-30)27-20(2)11-8-12-21(27)3/h8-9,11-12,14-15,25H,4-7,10,13,16-19H2,1-3H3. The fraction of sp³-hybridized carbons (Fsp3) is 0.519. The van der Waals surface area contributed by atoms with E-state index in [1.807, 2.05) is 11.8 Å². The van der Waals surface area contributed by atoms with Crippen molar-refractivity contribution in [2.45, 2.75) is 65.3 Å². The van der Waals surface area contributed by atoms with E-state index in [-0.39, 0.29) is 23.9 Å². The van der Waals surface area contributed by atoms with Crippen molar-refractivity contribution in [2.24, 2.45) is 0 Å². The molecule has 0 saturated carbocycles. The minimum Gasteiger partial charge on any atom is -0.334 e. The summed E-state index contributed by atoms with van der Waals surface area (Å²) in [6.45, 7) is 9.47. The Bertz CT molecular complexity index is 868. The normalized spacial score (nSPS) is 15.5. The highest BCUT2D eigenvalue weighted by atomic mass is 19.1. The summed E-state index contributed by atoms with van der Waals surface area (Å²) in [5, 5.41) is 0. The Morgan fingerprint density at radius 1 is 1.00 bits per heavy atom. The Hall–Kier alpha value is -2.27. The monoisotopic (exact) mass is 442 g/mol. The molecule has 32 heavy (non-hydrogen) atoms. The van der Waals surface area contributed by atoms with E-state index in [0.29, 0.717) is 19.4 Å². The smallest absolute Gasteiger partial charge is 0.222 e. The number of carbonyl (C=O) groups excluding carboxylic acids is 1. The molecule has 0 radical (unpaired) electrons.